The third kappa shape index (κ3) is 7.29. The Bertz CT molecular complexity index is 1550. The maximum absolute atomic E-state index is 6.72. The number of hydrogen-bond acceptors (Lipinski definition) is 4. The van der Waals surface area contributed by atoms with Crippen molar-refractivity contribution in [1.29, 1.82) is 0 Å². The van der Waals surface area contributed by atoms with Crippen LogP contribution in [0.2, 0.25) is 0 Å². The normalized spacial score (nSPS) is 20.7. The Balaban J connectivity index is 1.10. The molecule has 4 nitrogen and oxygen atoms in total. The van der Waals surface area contributed by atoms with Crippen LogP contribution in [0.1, 0.15) is 138 Å². The molecule has 4 aliphatic rings. The Morgan fingerprint density at radius 1 is 0.420 bits per heavy atom. The quantitative estimate of drug-likeness (QED) is 0.127. The number of aryl methyl sites for hydroxylation is 8. The molecule has 6 heteroatoms. The van der Waals surface area contributed by atoms with Crippen LogP contribution in [0.25, 0.3) is 0 Å². The molecule has 0 bridgehead atoms. The second-order valence-electron chi connectivity index (χ2n) is 17.8. The first-order valence-corrected chi connectivity index (χ1v) is 19.8. The topological polar surface area (TPSA) is 36.9 Å². The molecule has 0 aromatic heterocycles. The van der Waals surface area contributed by atoms with E-state index in [1.54, 1.807) is 22.3 Å². The van der Waals surface area contributed by atoms with E-state index in [1.165, 1.54) is 84.5 Å². The summed E-state index contributed by atoms with van der Waals surface area (Å²) in [6.07, 6.45) is 16.3. The van der Waals surface area contributed by atoms with Crippen molar-refractivity contribution in [2.75, 3.05) is 0 Å². The molecule has 0 radical (unpaired) electrons. The molecular formula is C44H60B2O4. The van der Waals surface area contributed by atoms with Crippen molar-refractivity contribution in [3.63, 3.8) is 0 Å². The standard InChI is InChI=1S/C44H60B2O4/c1-41(2)42(3,4)48-45(47-41)39-29-38(18-14-10-12-16-32-20-22-34-24-26-36(34)28-32)40(46-49-43(5,6)44(7,8)50-46)30-37(39)17-13-9-11-15-31-19-21-33-23-25-35(33)27-31/h19-22,27-30H,9-18,23-26H2,1-8H3. The first-order chi connectivity index (χ1) is 23.7. The van der Waals surface area contributed by atoms with Gasteiger partial charge in [-0.2, -0.15) is 0 Å². The lowest BCUT2D eigenvalue weighted by molar-refractivity contribution is 0.00578. The molecule has 0 amide bonds. The van der Waals surface area contributed by atoms with Crippen LogP contribution in [-0.4, -0.2) is 36.6 Å². The van der Waals surface area contributed by atoms with Crippen LogP contribution in [0, 0.1) is 0 Å². The van der Waals surface area contributed by atoms with Crippen LogP contribution >= 0.6 is 0 Å². The monoisotopic (exact) mass is 674 g/mol. The van der Waals surface area contributed by atoms with E-state index in [4.69, 9.17) is 18.6 Å². The van der Waals surface area contributed by atoms with E-state index in [9.17, 15) is 0 Å². The zero-order chi connectivity index (χ0) is 35.3. The molecule has 266 valence electrons. The number of hydrogen-bond donors (Lipinski definition) is 0. The van der Waals surface area contributed by atoms with Gasteiger partial charge in [0.15, 0.2) is 0 Å². The molecule has 0 spiro atoms. The Labute approximate surface area is 303 Å². The van der Waals surface area contributed by atoms with E-state index in [0.717, 1.165) is 38.5 Å². The minimum absolute atomic E-state index is 0.390. The predicted molar refractivity (Wildman–Crippen MR) is 208 cm³/mol. The van der Waals surface area contributed by atoms with Crippen molar-refractivity contribution < 1.29 is 18.6 Å². The first kappa shape index (κ1) is 36.0. The Hall–Kier alpha value is -2.37. The van der Waals surface area contributed by atoms with Gasteiger partial charge in [0.2, 0.25) is 0 Å². The Kier molecular flexibility index (Phi) is 10.00. The highest BCUT2D eigenvalue weighted by Crippen LogP contribution is 2.39. The second kappa shape index (κ2) is 13.9. The molecule has 0 saturated carbocycles. The number of unbranched alkanes of at least 4 members (excludes halogenated alkanes) is 4. The summed E-state index contributed by atoms with van der Waals surface area (Å²) in [7, 11) is -0.779. The largest absolute Gasteiger partial charge is 0.495 e. The summed E-state index contributed by atoms with van der Waals surface area (Å²) in [4.78, 5) is 0. The van der Waals surface area contributed by atoms with E-state index >= 15 is 0 Å². The molecular weight excluding hydrogens is 614 g/mol. The van der Waals surface area contributed by atoms with Crippen LogP contribution in [-0.2, 0) is 70.0 Å². The van der Waals surface area contributed by atoms with Gasteiger partial charge >= 0.3 is 14.2 Å². The summed E-state index contributed by atoms with van der Waals surface area (Å²) < 4.78 is 26.9. The average molecular weight is 675 g/mol. The van der Waals surface area contributed by atoms with Crippen LogP contribution in [0.3, 0.4) is 0 Å². The minimum atomic E-state index is -0.394. The molecule has 2 saturated heterocycles. The average Bonchev–Trinajstić information content (AvgIpc) is 3.38. The number of rotatable bonds is 14. The lowest BCUT2D eigenvalue weighted by atomic mass is 9.67. The summed E-state index contributed by atoms with van der Waals surface area (Å²) in [5, 5.41) is 0. The van der Waals surface area contributed by atoms with Crippen LogP contribution < -0.4 is 10.9 Å². The molecule has 3 aromatic rings. The molecule has 3 aromatic carbocycles. The maximum Gasteiger partial charge on any atom is 0.495 e. The molecule has 2 aliphatic heterocycles. The molecule has 0 unspecified atom stereocenters. The second-order valence-corrected chi connectivity index (χ2v) is 17.8. The van der Waals surface area contributed by atoms with Gasteiger partial charge in [-0.25, -0.2) is 0 Å². The van der Waals surface area contributed by atoms with Crippen molar-refractivity contribution >= 4 is 25.2 Å². The number of benzene rings is 3. The highest BCUT2D eigenvalue weighted by Gasteiger charge is 2.54. The Morgan fingerprint density at radius 2 is 0.760 bits per heavy atom. The van der Waals surface area contributed by atoms with Crippen molar-refractivity contribution in [2.45, 2.75) is 168 Å². The van der Waals surface area contributed by atoms with Gasteiger partial charge in [-0.05, 0) is 188 Å². The van der Waals surface area contributed by atoms with Crippen LogP contribution in [0.15, 0.2) is 48.5 Å². The fraction of sp³-hybridized carbons (Fsp3) is 0.591. The highest BCUT2D eigenvalue weighted by molar-refractivity contribution is 6.65. The summed E-state index contributed by atoms with van der Waals surface area (Å²) in [5.74, 6) is 0. The third-order valence-corrected chi connectivity index (χ3v) is 13.1. The molecule has 2 heterocycles. The summed E-state index contributed by atoms with van der Waals surface area (Å²) in [6.45, 7) is 17.2. The molecule has 50 heavy (non-hydrogen) atoms. The van der Waals surface area contributed by atoms with Crippen LogP contribution in [0.5, 0.6) is 0 Å². The minimum Gasteiger partial charge on any atom is -0.399 e. The Morgan fingerprint density at radius 3 is 1.08 bits per heavy atom. The van der Waals surface area contributed by atoms with Crippen LogP contribution in [0.4, 0.5) is 0 Å². The SMILES string of the molecule is CC1(C)OB(c2cc(CCCCCc3ccc4c(c3)CC4)c(B3OC(C)(C)C(C)(C)O3)cc2CCCCCc2ccc3c(c2)CC3)OC1(C)C. The van der Waals surface area contributed by atoms with Gasteiger partial charge in [0.05, 0.1) is 22.4 Å². The van der Waals surface area contributed by atoms with E-state index in [2.05, 4.69) is 104 Å². The lowest BCUT2D eigenvalue weighted by Crippen LogP contribution is -2.43. The number of fused-ring (bicyclic) bond motifs is 2. The smallest absolute Gasteiger partial charge is 0.399 e. The molecule has 0 atom stereocenters. The molecule has 2 aliphatic carbocycles. The fourth-order valence-corrected chi connectivity index (χ4v) is 7.99. The molecule has 7 rings (SSSR count). The highest BCUT2D eigenvalue weighted by atomic mass is 16.7. The van der Waals surface area contributed by atoms with E-state index in [1.807, 2.05) is 0 Å². The van der Waals surface area contributed by atoms with Crippen molar-refractivity contribution in [1.82, 2.24) is 0 Å². The fourth-order valence-electron chi connectivity index (χ4n) is 7.99. The van der Waals surface area contributed by atoms with Gasteiger partial charge in [0.25, 0.3) is 0 Å². The zero-order valence-electron chi connectivity index (χ0n) is 32.3. The first-order valence-electron chi connectivity index (χ1n) is 19.8. The van der Waals surface area contributed by atoms with E-state index in [-0.39, 0.29) is 14.2 Å². The van der Waals surface area contributed by atoms with Crippen molar-refractivity contribution in [3.05, 3.63) is 93.0 Å². The molecule has 2 fully saturated rings. The lowest BCUT2D eigenvalue weighted by Gasteiger charge is -2.32. The van der Waals surface area contributed by atoms with Gasteiger partial charge in [0, 0.05) is 0 Å². The van der Waals surface area contributed by atoms with E-state index < -0.39 is 22.4 Å². The summed E-state index contributed by atoms with van der Waals surface area (Å²) in [5.41, 5.74) is 12.6. The van der Waals surface area contributed by atoms with E-state index in [0.29, 0.717) is 0 Å². The van der Waals surface area contributed by atoms with Gasteiger partial charge in [0.1, 0.15) is 0 Å². The maximum atomic E-state index is 6.72. The van der Waals surface area contributed by atoms with Gasteiger partial charge in [-0.3, -0.25) is 0 Å². The van der Waals surface area contributed by atoms with Gasteiger partial charge in [-0.1, -0.05) is 61.4 Å². The third-order valence-electron chi connectivity index (χ3n) is 13.1. The van der Waals surface area contributed by atoms with Crippen molar-refractivity contribution in [2.24, 2.45) is 0 Å². The van der Waals surface area contributed by atoms with Gasteiger partial charge < -0.3 is 18.6 Å². The summed E-state index contributed by atoms with van der Waals surface area (Å²) in [6, 6.07) is 19.1. The predicted octanol–water partition coefficient (Wildman–Crippen LogP) is 8.39. The van der Waals surface area contributed by atoms with Gasteiger partial charge in [-0.15, -0.1) is 0 Å². The molecule has 0 N–H and O–H groups in total. The summed E-state index contributed by atoms with van der Waals surface area (Å²) >= 11 is 0. The van der Waals surface area contributed by atoms with Crippen molar-refractivity contribution in [3.8, 4) is 0 Å². The zero-order valence-corrected chi connectivity index (χ0v) is 32.3.